The van der Waals surface area contributed by atoms with E-state index in [1.54, 1.807) is 4.90 Å². The molecule has 0 aromatic carbocycles. The normalized spacial score (nSPS) is 19.0. The highest BCUT2D eigenvalue weighted by Crippen LogP contribution is 2.28. The first-order valence-electron chi connectivity index (χ1n) is 6.22. The van der Waals surface area contributed by atoms with Gasteiger partial charge in [0.2, 0.25) is 0 Å². The number of hydrogen-bond donors (Lipinski definition) is 2. The number of carbonyl (C=O) groups is 1. The summed E-state index contributed by atoms with van der Waals surface area (Å²) in [6, 6.07) is -0.281. The minimum atomic E-state index is -0.161. The molecule has 1 atom stereocenters. The van der Waals surface area contributed by atoms with Gasteiger partial charge in [-0.2, -0.15) is 5.10 Å². The zero-order chi connectivity index (χ0) is 13.8. The van der Waals surface area contributed by atoms with Crippen LogP contribution >= 0.6 is 0 Å². The minimum Gasteiger partial charge on any atom is -0.377 e. The number of carbonyl (C=O) groups excluding carboxylic acids is 1. The van der Waals surface area contributed by atoms with E-state index < -0.39 is 0 Å². The largest absolute Gasteiger partial charge is 0.377 e. The lowest BCUT2D eigenvalue weighted by Crippen LogP contribution is -2.48. The highest BCUT2D eigenvalue weighted by molar-refractivity contribution is 5.75. The Morgan fingerprint density at radius 2 is 2.47 bits per heavy atom. The maximum Gasteiger partial charge on any atom is 0.318 e. The molecule has 1 aliphatic heterocycles. The van der Waals surface area contributed by atoms with Crippen molar-refractivity contribution in [2.75, 3.05) is 26.3 Å². The van der Waals surface area contributed by atoms with Gasteiger partial charge in [0.1, 0.15) is 0 Å². The number of nitrogens with zero attached hydrogens (tertiary/aromatic N) is 2. The molecule has 1 aliphatic rings. The Balaban J connectivity index is 2.21. The molecule has 0 saturated carbocycles. The van der Waals surface area contributed by atoms with Crippen molar-refractivity contribution in [3.05, 3.63) is 17.0 Å². The van der Waals surface area contributed by atoms with Gasteiger partial charge in [0, 0.05) is 17.8 Å². The van der Waals surface area contributed by atoms with Crippen LogP contribution in [0.5, 0.6) is 0 Å². The van der Waals surface area contributed by atoms with Crippen LogP contribution in [-0.2, 0) is 4.74 Å². The first-order chi connectivity index (χ1) is 9.15. The predicted octanol–water partition coefficient (Wildman–Crippen LogP) is 0.743. The Hall–Kier alpha value is -2.00. The third-order valence-electron chi connectivity index (χ3n) is 3.25. The van der Waals surface area contributed by atoms with Crippen molar-refractivity contribution in [2.24, 2.45) is 0 Å². The number of H-pyrrole nitrogens is 1. The summed E-state index contributed by atoms with van der Waals surface area (Å²) >= 11 is 0. The Labute approximate surface area is 112 Å². The van der Waals surface area contributed by atoms with Gasteiger partial charge in [0.25, 0.3) is 0 Å². The van der Waals surface area contributed by atoms with Crippen molar-refractivity contribution in [3.8, 4) is 12.3 Å². The van der Waals surface area contributed by atoms with Crippen LogP contribution in [0.15, 0.2) is 0 Å². The molecule has 2 N–H and O–H groups in total. The van der Waals surface area contributed by atoms with Crippen molar-refractivity contribution in [3.63, 3.8) is 0 Å². The molecule has 6 nitrogen and oxygen atoms in total. The predicted molar refractivity (Wildman–Crippen MR) is 70.6 cm³/mol. The van der Waals surface area contributed by atoms with Gasteiger partial charge in [-0.15, -0.1) is 6.42 Å². The van der Waals surface area contributed by atoms with Crippen LogP contribution in [0.4, 0.5) is 4.79 Å². The van der Waals surface area contributed by atoms with Crippen molar-refractivity contribution in [1.82, 2.24) is 20.4 Å². The summed E-state index contributed by atoms with van der Waals surface area (Å²) in [4.78, 5) is 13.9. The minimum absolute atomic E-state index is 0.120. The second-order valence-corrected chi connectivity index (χ2v) is 4.49. The SMILES string of the molecule is C#CCNC(=O)N1CCOCC1c1c(C)n[nH]c1C. The summed E-state index contributed by atoms with van der Waals surface area (Å²) in [5.41, 5.74) is 2.88. The van der Waals surface area contributed by atoms with E-state index in [1.807, 2.05) is 13.8 Å². The summed E-state index contributed by atoms with van der Waals surface area (Å²) in [5, 5.41) is 9.81. The van der Waals surface area contributed by atoms with Crippen LogP contribution < -0.4 is 5.32 Å². The second kappa shape index (κ2) is 5.76. The van der Waals surface area contributed by atoms with Gasteiger partial charge in [-0.3, -0.25) is 5.10 Å². The quantitative estimate of drug-likeness (QED) is 0.772. The summed E-state index contributed by atoms with van der Waals surface area (Å²) in [5.74, 6) is 2.40. The Kier molecular flexibility index (Phi) is 4.07. The van der Waals surface area contributed by atoms with E-state index in [1.165, 1.54) is 0 Å². The zero-order valence-electron chi connectivity index (χ0n) is 11.2. The van der Waals surface area contributed by atoms with E-state index in [0.717, 1.165) is 17.0 Å². The number of morpholine rings is 1. The Bertz CT molecular complexity index is 484. The summed E-state index contributed by atoms with van der Waals surface area (Å²) < 4.78 is 5.50. The molecular formula is C13H18N4O2. The van der Waals surface area contributed by atoms with Gasteiger partial charge in [0.05, 0.1) is 31.5 Å². The lowest BCUT2D eigenvalue weighted by molar-refractivity contribution is 0.0115. The van der Waals surface area contributed by atoms with Gasteiger partial charge in [-0.05, 0) is 13.8 Å². The molecular weight excluding hydrogens is 244 g/mol. The molecule has 2 amide bonds. The Morgan fingerprint density at radius 3 is 3.11 bits per heavy atom. The smallest absolute Gasteiger partial charge is 0.318 e. The van der Waals surface area contributed by atoms with E-state index in [4.69, 9.17) is 11.2 Å². The first-order valence-corrected chi connectivity index (χ1v) is 6.22. The first kappa shape index (κ1) is 13.4. The van der Waals surface area contributed by atoms with Gasteiger partial charge in [0.15, 0.2) is 0 Å². The monoisotopic (exact) mass is 262 g/mol. The molecule has 1 aromatic rings. The van der Waals surface area contributed by atoms with E-state index in [0.29, 0.717) is 19.8 Å². The van der Waals surface area contributed by atoms with Crippen molar-refractivity contribution < 1.29 is 9.53 Å². The van der Waals surface area contributed by atoms with Crippen LogP contribution in [0.25, 0.3) is 0 Å². The lowest BCUT2D eigenvalue weighted by atomic mass is 10.0. The van der Waals surface area contributed by atoms with Gasteiger partial charge in [-0.25, -0.2) is 4.79 Å². The molecule has 6 heteroatoms. The molecule has 19 heavy (non-hydrogen) atoms. The van der Waals surface area contributed by atoms with Gasteiger partial charge in [-0.1, -0.05) is 5.92 Å². The van der Waals surface area contributed by atoms with Crippen LogP contribution in [-0.4, -0.2) is 47.4 Å². The molecule has 0 aliphatic carbocycles. The number of amides is 2. The molecule has 1 fully saturated rings. The summed E-state index contributed by atoms with van der Waals surface area (Å²) in [6.07, 6.45) is 5.16. The average molecular weight is 262 g/mol. The van der Waals surface area contributed by atoms with Gasteiger partial charge < -0.3 is 15.0 Å². The molecule has 0 spiro atoms. The number of nitrogens with one attached hydrogen (secondary N) is 2. The lowest BCUT2D eigenvalue weighted by Gasteiger charge is -2.35. The molecule has 2 rings (SSSR count). The van der Waals surface area contributed by atoms with Crippen LogP contribution in [0.2, 0.25) is 0 Å². The zero-order valence-corrected chi connectivity index (χ0v) is 11.2. The Morgan fingerprint density at radius 1 is 1.68 bits per heavy atom. The third-order valence-corrected chi connectivity index (χ3v) is 3.25. The molecule has 1 aromatic heterocycles. The third kappa shape index (κ3) is 2.71. The number of ether oxygens (including phenoxy) is 1. The summed E-state index contributed by atoms with van der Waals surface area (Å²) in [7, 11) is 0. The van der Waals surface area contributed by atoms with Crippen LogP contribution in [0.3, 0.4) is 0 Å². The van der Waals surface area contributed by atoms with Gasteiger partial charge >= 0.3 is 6.03 Å². The highest BCUT2D eigenvalue weighted by atomic mass is 16.5. The van der Waals surface area contributed by atoms with E-state index >= 15 is 0 Å². The number of hydrogen-bond acceptors (Lipinski definition) is 3. The number of urea groups is 1. The number of aromatic nitrogens is 2. The van der Waals surface area contributed by atoms with Crippen molar-refractivity contribution in [2.45, 2.75) is 19.9 Å². The average Bonchev–Trinajstić information content (AvgIpc) is 2.75. The van der Waals surface area contributed by atoms with Crippen LogP contribution in [0, 0.1) is 26.2 Å². The van der Waals surface area contributed by atoms with E-state index in [2.05, 4.69) is 21.4 Å². The van der Waals surface area contributed by atoms with E-state index in [9.17, 15) is 4.79 Å². The standard InChI is InChI=1S/C13H18N4O2/c1-4-5-14-13(18)17-6-7-19-8-11(17)12-9(2)15-16-10(12)3/h1,11H,5-8H2,2-3H3,(H,14,18)(H,15,16). The number of aromatic amines is 1. The highest BCUT2D eigenvalue weighted by Gasteiger charge is 2.31. The van der Waals surface area contributed by atoms with E-state index in [-0.39, 0.29) is 18.6 Å². The van der Waals surface area contributed by atoms with Crippen molar-refractivity contribution in [1.29, 1.82) is 0 Å². The molecule has 1 saturated heterocycles. The number of rotatable bonds is 2. The summed E-state index contributed by atoms with van der Waals surface area (Å²) in [6.45, 7) is 5.66. The fourth-order valence-corrected chi connectivity index (χ4v) is 2.36. The maximum atomic E-state index is 12.1. The molecule has 2 heterocycles. The number of aryl methyl sites for hydroxylation is 2. The fourth-order valence-electron chi connectivity index (χ4n) is 2.36. The molecule has 0 bridgehead atoms. The molecule has 1 unspecified atom stereocenters. The van der Waals surface area contributed by atoms with Crippen LogP contribution in [0.1, 0.15) is 23.0 Å². The number of terminal acetylenes is 1. The molecule has 102 valence electrons. The molecule has 0 radical (unpaired) electrons. The van der Waals surface area contributed by atoms with Crippen molar-refractivity contribution >= 4 is 6.03 Å². The fraction of sp³-hybridized carbons (Fsp3) is 0.538. The topological polar surface area (TPSA) is 70.2 Å². The maximum absolute atomic E-state index is 12.1. The second-order valence-electron chi connectivity index (χ2n) is 4.49.